The fraction of sp³-hybridized carbons (Fsp3) is 0.909. The number of hydrogen-bond donors (Lipinski definition) is 2. The van der Waals surface area contributed by atoms with Gasteiger partial charge in [-0.3, -0.25) is 4.90 Å². The molecule has 5 heteroatoms. The first-order valence-corrected chi connectivity index (χ1v) is 6.01. The molecule has 0 atom stereocenters. The predicted octanol–water partition coefficient (Wildman–Crippen LogP) is 1.26. The van der Waals surface area contributed by atoms with E-state index in [2.05, 4.69) is 23.9 Å². The smallest absolute Gasteiger partial charge is 0.153 e. The Labute approximate surface area is 98.2 Å². The molecule has 96 valence electrons. The minimum atomic E-state index is 0.252. The van der Waals surface area contributed by atoms with Crippen LogP contribution in [0.25, 0.3) is 0 Å². The van der Waals surface area contributed by atoms with Crippen molar-refractivity contribution >= 4 is 5.84 Å². The van der Waals surface area contributed by atoms with Crippen LogP contribution in [0.15, 0.2) is 5.16 Å². The molecule has 0 saturated heterocycles. The van der Waals surface area contributed by atoms with E-state index in [1.807, 2.05) is 0 Å². The lowest BCUT2D eigenvalue weighted by Crippen LogP contribution is -2.36. The fourth-order valence-electron chi connectivity index (χ4n) is 1.39. The zero-order valence-corrected chi connectivity index (χ0v) is 10.5. The second kappa shape index (κ2) is 10.7. The SMILES string of the molecule is CCCCOCCN(CCC)CC(N)=NO. The number of hydrogen-bond acceptors (Lipinski definition) is 4. The Morgan fingerprint density at radius 3 is 2.56 bits per heavy atom. The van der Waals surface area contributed by atoms with Crippen molar-refractivity contribution in [3.05, 3.63) is 0 Å². The van der Waals surface area contributed by atoms with Crippen molar-refractivity contribution in [2.75, 3.05) is 32.8 Å². The summed E-state index contributed by atoms with van der Waals surface area (Å²) in [5.74, 6) is 0.252. The van der Waals surface area contributed by atoms with Crippen LogP contribution in [0.2, 0.25) is 0 Å². The van der Waals surface area contributed by atoms with Gasteiger partial charge in [0.05, 0.1) is 13.2 Å². The molecule has 3 N–H and O–H groups in total. The average molecular weight is 231 g/mol. The Morgan fingerprint density at radius 1 is 1.25 bits per heavy atom. The van der Waals surface area contributed by atoms with Crippen molar-refractivity contribution in [1.29, 1.82) is 0 Å². The summed E-state index contributed by atoms with van der Waals surface area (Å²) in [6, 6.07) is 0. The first kappa shape index (κ1) is 15.2. The Morgan fingerprint density at radius 2 is 2.00 bits per heavy atom. The molecule has 0 unspecified atom stereocenters. The molecule has 0 radical (unpaired) electrons. The summed E-state index contributed by atoms with van der Waals surface area (Å²) in [5, 5.41) is 11.5. The molecule has 0 aliphatic carbocycles. The maximum atomic E-state index is 8.50. The molecule has 0 bridgehead atoms. The summed E-state index contributed by atoms with van der Waals surface area (Å²) < 4.78 is 5.48. The van der Waals surface area contributed by atoms with Gasteiger partial charge in [-0.2, -0.15) is 0 Å². The molecular weight excluding hydrogens is 206 g/mol. The van der Waals surface area contributed by atoms with Gasteiger partial charge >= 0.3 is 0 Å². The van der Waals surface area contributed by atoms with Gasteiger partial charge in [-0.25, -0.2) is 0 Å². The van der Waals surface area contributed by atoms with Crippen LogP contribution in [0.3, 0.4) is 0 Å². The van der Waals surface area contributed by atoms with E-state index in [4.69, 9.17) is 15.7 Å². The number of rotatable bonds is 10. The van der Waals surface area contributed by atoms with Crippen LogP contribution < -0.4 is 5.73 Å². The van der Waals surface area contributed by atoms with Gasteiger partial charge in [0.1, 0.15) is 0 Å². The standard InChI is InChI=1S/C11H25N3O2/c1-3-5-8-16-9-7-14(6-4-2)10-11(12)13-15/h15H,3-10H2,1-2H3,(H2,12,13). The monoisotopic (exact) mass is 231 g/mol. The topological polar surface area (TPSA) is 71.1 Å². The molecule has 0 amide bonds. The number of nitrogens with zero attached hydrogens (tertiary/aromatic N) is 2. The molecule has 0 aromatic heterocycles. The molecule has 0 rings (SSSR count). The molecular formula is C11H25N3O2. The van der Waals surface area contributed by atoms with E-state index in [9.17, 15) is 0 Å². The van der Waals surface area contributed by atoms with Gasteiger partial charge in [-0.15, -0.1) is 0 Å². The largest absolute Gasteiger partial charge is 0.409 e. The molecule has 0 heterocycles. The van der Waals surface area contributed by atoms with Crippen molar-refractivity contribution in [3.63, 3.8) is 0 Å². The molecule has 0 aromatic carbocycles. The minimum Gasteiger partial charge on any atom is -0.409 e. The van der Waals surface area contributed by atoms with Crippen LogP contribution in [0.4, 0.5) is 0 Å². The normalized spacial score (nSPS) is 12.3. The van der Waals surface area contributed by atoms with Crippen LogP contribution in [-0.2, 0) is 4.74 Å². The maximum absolute atomic E-state index is 8.50. The third-order valence-corrected chi connectivity index (χ3v) is 2.25. The quantitative estimate of drug-likeness (QED) is 0.195. The van der Waals surface area contributed by atoms with E-state index in [1.165, 1.54) is 0 Å². The van der Waals surface area contributed by atoms with Gasteiger partial charge in [0, 0.05) is 13.2 Å². The van der Waals surface area contributed by atoms with E-state index < -0.39 is 0 Å². The van der Waals surface area contributed by atoms with Crippen molar-refractivity contribution in [2.24, 2.45) is 10.9 Å². The Hall–Kier alpha value is -0.810. The zero-order valence-electron chi connectivity index (χ0n) is 10.5. The van der Waals surface area contributed by atoms with Crippen LogP contribution in [0, 0.1) is 0 Å². The third-order valence-electron chi connectivity index (χ3n) is 2.25. The Bertz CT molecular complexity index is 186. The molecule has 5 nitrogen and oxygen atoms in total. The third kappa shape index (κ3) is 8.49. The van der Waals surface area contributed by atoms with Crippen molar-refractivity contribution < 1.29 is 9.94 Å². The summed E-state index contributed by atoms with van der Waals surface area (Å²) in [7, 11) is 0. The van der Waals surface area contributed by atoms with Gasteiger partial charge in [0.15, 0.2) is 5.84 Å². The first-order chi connectivity index (χ1) is 7.74. The van der Waals surface area contributed by atoms with Gasteiger partial charge in [0.25, 0.3) is 0 Å². The zero-order chi connectivity index (χ0) is 12.2. The van der Waals surface area contributed by atoms with E-state index in [0.717, 1.165) is 39.0 Å². The predicted molar refractivity (Wildman–Crippen MR) is 65.9 cm³/mol. The van der Waals surface area contributed by atoms with Crippen molar-refractivity contribution in [2.45, 2.75) is 33.1 Å². The maximum Gasteiger partial charge on any atom is 0.153 e. The van der Waals surface area contributed by atoms with Gasteiger partial charge < -0.3 is 15.7 Å². The van der Waals surface area contributed by atoms with Crippen LogP contribution in [0.1, 0.15) is 33.1 Å². The highest BCUT2D eigenvalue weighted by molar-refractivity contribution is 5.81. The van der Waals surface area contributed by atoms with E-state index in [-0.39, 0.29) is 5.84 Å². The molecule has 0 aliphatic rings. The molecule has 0 fully saturated rings. The number of oxime groups is 1. The van der Waals surface area contributed by atoms with E-state index >= 15 is 0 Å². The van der Waals surface area contributed by atoms with Gasteiger partial charge in [-0.05, 0) is 19.4 Å². The lowest BCUT2D eigenvalue weighted by atomic mass is 10.3. The van der Waals surface area contributed by atoms with Crippen LogP contribution in [0.5, 0.6) is 0 Å². The average Bonchev–Trinajstić information content (AvgIpc) is 2.28. The summed E-state index contributed by atoms with van der Waals surface area (Å²) in [6.45, 7) is 8.05. The molecule has 16 heavy (non-hydrogen) atoms. The van der Waals surface area contributed by atoms with Crippen LogP contribution >= 0.6 is 0 Å². The summed E-state index contributed by atoms with van der Waals surface area (Å²) in [5.41, 5.74) is 5.47. The molecule has 0 spiro atoms. The van der Waals surface area contributed by atoms with E-state index in [0.29, 0.717) is 13.2 Å². The number of amidine groups is 1. The molecule has 0 aromatic rings. The highest BCUT2D eigenvalue weighted by Crippen LogP contribution is 1.93. The lowest BCUT2D eigenvalue weighted by molar-refractivity contribution is 0.106. The van der Waals surface area contributed by atoms with Crippen molar-refractivity contribution in [1.82, 2.24) is 4.90 Å². The summed E-state index contributed by atoms with van der Waals surface area (Å²) in [4.78, 5) is 2.13. The highest BCUT2D eigenvalue weighted by Gasteiger charge is 2.05. The number of nitrogens with two attached hydrogens (primary N) is 1. The second-order valence-electron chi connectivity index (χ2n) is 3.83. The number of unbranched alkanes of at least 4 members (excludes halogenated alkanes) is 1. The second-order valence-corrected chi connectivity index (χ2v) is 3.83. The summed E-state index contributed by atoms with van der Waals surface area (Å²) >= 11 is 0. The number of ether oxygens (including phenoxy) is 1. The van der Waals surface area contributed by atoms with Gasteiger partial charge in [-0.1, -0.05) is 25.4 Å². The van der Waals surface area contributed by atoms with E-state index in [1.54, 1.807) is 0 Å². The molecule has 0 aliphatic heterocycles. The first-order valence-electron chi connectivity index (χ1n) is 6.01. The summed E-state index contributed by atoms with van der Waals surface area (Å²) in [6.07, 6.45) is 3.31. The lowest BCUT2D eigenvalue weighted by Gasteiger charge is -2.20. The Balaban J connectivity index is 3.67. The van der Waals surface area contributed by atoms with Crippen molar-refractivity contribution in [3.8, 4) is 0 Å². The highest BCUT2D eigenvalue weighted by atomic mass is 16.5. The fourth-order valence-corrected chi connectivity index (χ4v) is 1.39. The van der Waals surface area contributed by atoms with Crippen LogP contribution in [-0.4, -0.2) is 48.8 Å². The van der Waals surface area contributed by atoms with Gasteiger partial charge in [0.2, 0.25) is 0 Å². The molecule has 0 saturated carbocycles. The minimum absolute atomic E-state index is 0.252. The Kier molecular flexibility index (Phi) is 10.2.